The second-order valence-electron chi connectivity index (χ2n) is 5.90. The second kappa shape index (κ2) is 9.57. The lowest BCUT2D eigenvalue weighted by Gasteiger charge is -2.13. The molecule has 2 aromatic rings. The number of methoxy groups -OCH3 is 2. The number of ether oxygens (including phenoxy) is 3. The third kappa shape index (κ3) is 5.33. The van der Waals surface area contributed by atoms with Gasteiger partial charge in [-0.2, -0.15) is 0 Å². The predicted octanol–water partition coefficient (Wildman–Crippen LogP) is 4.30. The summed E-state index contributed by atoms with van der Waals surface area (Å²) in [5.41, 5.74) is 1.51. The quantitative estimate of drug-likeness (QED) is 0.523. The van der Waals surface area contributed by atoms with Crippen LogP contribution < -0.4 is 20.1 Å². The summed E-state index contributed by atoms with van der Waals surface area (Å²) in [5, 5.41) is 6.66. The highest BCUT2D eigenvalue weighted by molar-refractivity contribution is 7.80. The summed E-state index contributed by atoms with van der Waals surface area (Å²) in [6.07, 6.45) is 0. The Bertz CT molecular complexity index is 818. The van der Waals surface area contributed by atoms with Crippen molar-refractivity contribution in [3.8, 4) is 21.9 Å². The first-order chi connectivity index (χ1) is 12.9. The second-order valence-corrected chi connectivity index (χ2v) is 7.36. The highest BCUT2D eigenvalue weighted by atomic mass is 32.1. The zero-order valence-corrected chi connectivity index (χ0v) is 17.7. The van der Waals surface area contributed by atoms with Crippen molar-refractivity contribution in [3.63, 3.8) is 0 Å². The van der Waals surface area contributed by atoms with Crippen LogP contribution in [0.4, 0.5) is 5.69 Å². The lowest BCUT2D eigenvalue weighted by molar-refractivity contribution is 0.0533. The summed E-state index contributed by atoms with van der Waals surface area (Å²) >= 11 is 6.65. The molecule has 0 saturated heterocycles. The van der Waals surface area contributed by atoms with E-state index >= 15 is 0 Å². The maximum absolute atomic E-state index is 12.4. The summed E-state index contributed by atoms with van der Waals surface area (Å²) < 4.78 is 15.8. The van der Waals surface area contributed by atoms with Crippen LogP contribution in [0.3, 0.4) is 0 Å². The molecule has 0 unspecified atom stereocenters. The first kappa shape index (κ1) is 21.0. The molecule has 0 aliphatic carbocycles. The highest BCUT2D eigenvalue weighted by Gasteiger charge is 2.20. The third-order valence-electron chi connectivity index (χ3n) is 3.53. The fourth-order valence-corrected chi connectivity index (χ4v) is 3.73. The van der Waals surface area contributed by atoms with Gasteiger partial charge >= 0.3 is 5.97 Å². The van der Waals surface area contributed by atoms with Crippen molar-refractivity contribution < 1.29 is 19.0 Å². The summed E-state index contributed by atoms with van der Waals surface area (Å²) in [6, 6.07) is 7.67. The van der Waals surface area contributed by atoms with Gasteiger partial charge in [0.1, 0.15) is 4.88 Å². The first-order valence-corrected chi connectivity index (χ1v) is 9.72. The van der Waals surface area contributed by atoms with Gasteiger partial charge in [-0.25, -0.2) is 4.79 Å². The predicted molar refractivity (Wildman–Crippen MR) is 113 cm³/mol. The number of benzene rings is 1. The van der Waals surface area contributed by atoms with Crippen molar-refractivity contribution in [2.45, 2.75) is 26.8 Å². The molecule has 2 N–H and O–H groups in total. The fraction of sp³-hybridized carbons (Fsp3) is 0.368. The summed E-state index contributed by atoms with van der Waals surface area (Å²) in [7, 11) is 3.18. The number of hydrogen-bond acceptors (Lipinski definition) is 6. The largest absolute Gasteiger partial charge is 0.493 e. The van der Waals surface area contributed by atoms with Gasteiger partial charge in [0.15, 0.2) is 16.6 Å². The summed E-state index contributed by atoms with van der Waals surface area (Å²) in [5.74, 6) is 0.876. The van der Waals surface area contributed by atoms with E-state index in [0.717, 1.165) is 10.4 Å². The molecule has 1 heterocycles. The maximum atomic E-state index is 12.4. The van der Waals surface area contributed by atoms with Gasteiger partial charge in [0.05, 0.1) is 26.5 Å². The van der Waals surface area contributed by atoms with Crippen molar-refractivity contribution in [2.75, 3.05) is 26.1 Å². The molecule has 0 aliphatic heterocycles. The van der Waals surface area contributed by atoms with Gasteiger partial charge in [-0.05, 0) is 62.8 Å². The molecule has 1 aromatic carbocycles. The molecular weight excluding hydrogens is 384 g/mol. The van der Waals surface area contributed by atoms with Crippen molar-refractivity contribution in [1.82, 2.24) is 5.32 Å². The van der Waals surface area contributed by atoms with Crippen LogP contribution in [-0.2, 0) is 4.74 Å². The van der Waals surface area contributed by atoms with Crippen LogP contribution in [0.5, 0.6) is 11.5 Å². The standard InChI is InChI=1S/C19H24N2O4S2/c1-6-25-18(22)17-13(21-19(26)20-11(2)3)10-16(27-17)12-7-8-14(23-4)15(9-12)24-5/h7-11H,6H2,1-5H3,(H2,20,21,26). The number of nitrogens with one attached hydrogen (secondary N) is 2. The van der Waals surface area contributed by atoms with Crippen LogP contribution in [0, 0.1) is 0 Å². The minimum absolute atomic E-state index is 0.181. The van der Waals surface area contributed by atoms with E-state index in [1.54, 1.807) is 21.1 Å². The number of hydrogen-bond donors (Lipinski definition) is 2. The Kier molecular flexibility index (Phi) is 7.44. The zero-order valence-electron chi connectivity index (χ0n) is 16.0. The van der Waals surface area contributed by atoms with Crippen molar-refractivity contribution in [3.05, 3.63) is 29.1 Å². The van der Waals surface area contributed by atoms with Crippen LogP contribution in [0.25, 0.3) is 10.4 Å². The Hall–Kier alpha value is -2.32. The number of carbonyl (C=O) groups is 1. The molecule has 0 atom stereocenters. The molecular formula is C19H24N2O4S2. The lowest BCUT2D eigenvalue weighted by atomic mass is 10.1. The van der Waals surface area contributed by atoms with Gasteiger partial charge in [-0.1, -0.05) is 0 Å². The lowest BCUT2D eigenvalue weighted by Crippen LogP contribution is -2.34. The Morgan fingerprint density at radius 3 is 2.48 bits per heavy atom. The molecule has 27 heavy (non-hydrogen) atoms. The summed E-state index contributed by atoms with van der Waals surface area (Å²) in [4.78, 5) is 13.7. The molecule has 8 heteroatoms. The smallest absolute Gasteiger partial charge is 0.350 e. The molecule has 0 spiro atoms. The molecule has 0 fully saturated rings. The number of rotatable bonds is 7. The Morgan fingerprint density at radius 1 is 1.19 bits per heavy atom. The van der Waals surface area contributed by atoms with E-state index in [0.29, 0.717) is 33.8 Å². The van der Waals surface area contributed by atoms with E-state index in [2.05, 4.69) is 10.6 Å². The molecule has 6 nitrogen and oxygen atoms in total. The number of esters is 1. The van der Waals surface area contributed by atoms with Gasteiger partial charge in [-0.15, -0.1) is 11.3 Å². The molecule has 0 bridgehead atoms. The Morgan fingerprint density at radius 2 is 1.89 bits per heavy atom. The third-order valence-corrected chi connectivity index (χ3v) is 4.91. The van der Waals surface area contributed by atoms with E-state index in [-0.39, 0.29) is 12.0 Å². The summed E-state index contributed by atoms with van der Waals surface area (Å²) in [6.45, 7) is 6.06. The van der Waals surface area contributed by atoms with Gasteiger partial charge in [0.2, 0.25) is 0 Å². The molecule has 146 valence electrons. The van der Waals surface area contributed by atoms with E-state index in [1.807, 2.05) is 38.1 Å². The van der Waals surface area contributed by atoms with Gasteiger partial charge in [0.25, 0.3) is 0 Å². The van der Waals surface area contributed by atoms with Gasteiger partial charge < -0.3 is 24.8 Å². The van der Waals surface area contributed by atoms with Crippen molar-refractivity contribution in [2.24, 2.45) is 0 Å². The van der Waals surface area contributed by atoms with E-state index in [4.69, 9.17) is 26.4 Å². The SMILES string of the molecule is CCOC(=O)c1sc(-c2ccc(OC)c(OC)c2)cc1NC(=S)NC(C)C. The highest BCUT2D eigenvalue weighted by Crippen LogP contribution is 2.39. The molecule has 0 saturated carbocycles. The van der Waals surface area contributed by atoms with Crippen LogP contribution >= 0.6 is 23.6 Å². The minimum Gasteiger partial charge on any atom is -0.493 e. The number of carbonyl (C=O) groups excluding carboxylic acids is 1. The molecule has 2 rings (SSSR count). The normalized spacial score (nSPS) is 10.4. The van der Waals surface area contributed by atoms with E-state index in [1.165, 1.54) is 11.3 Å². The Balaban J connectivity index is 2.41. The van der Waals surface area contributed by atoms with Crippen LogP contribution in [0.1, 0.15) is 30.4 Å². The first-order valence-electron chi connectivity index (χ1n) is 8.50. The van der Waals surface area contributed by atoms with Crippen molar-refractivity contribution in [1.29, 1.82) is 0 Å². The van der Waals surface area contributed by atoms with E-state index < -0.39 is 0 Å². The van der Waals surface area contributed by atoms with E-state index in [9.17, 15) is 4.79 Å². The van der Waals surface area contributed by atoms with Crippen LogP contribution in [-0.4, -0.2) is 38.0 Å². The average molecular weight is 409 g/mol. The number of thiocarbonyl (C=S) groups is 1. The molecule has 0 amide bonds. The van der Waals surface area contributed by atoms with Crippen LogP contribution in [0.2, 0.25) is 0 Å². The number of thiophene rings is 1. The van der Waals surface area contributed by atoms with Gasteiger partial charge in [-0.3, -0.25) is 0 Å². The average Bonchev–Trinajstić information content (AvgIpc) is 3.04. The maximum Gasteiger partial charge on any atom is 0.350 e. The van der Waals surface area contributed by atoms with Gasteiger partial charge in [0, 0.05) is 10.9 Å². The monoisotopic (exact) mass is 408 g/mol. The van der Waals surface area contributed by atoms with Crippen molar-refractivity contribution >= 4 is 40.3 Å². The Labute approximate surface area is 168 Å². The molecule has 0 radical (unpaired) electrons. The molecule has 0 aliphatic rings. The van der Waals surface area contributed by atoms with Crippen LogP contribution in [0.15, 0.2) is 24.3 Å². The fourth-order valence-electron chi connectivity index (χ4n) is 2.38. The molecule has 1 aromatic heterocycles. The number of anilines is 1. The minimum atomic E-state index is -0.385. The zero-order chi connectivity index (χ0) is 20.0. The topological polar surface area (TPSA) is 68.8 Å².